The highest BCUT2D eigenvalue weighted by Crippen LogP contribution is 2.21. The molecule has 1 saturated heterocycles. The van der Waals surface area contributed by atoms with Crippen LogP contribution in [0.5, 0.6) is 0 Å². The van der Waals surface area contributed by atoms with Crippen LogP contribution in [0.2, 0.25) is 0 Å². The largest absolute Gasteiger partial charge is 0.378 e. The van der Waals surface area contributed by atoms with Gasteiger partial charge in [0.15, 0.2) is 0 Å². The molecule has 0 amide bonds. The first-order valence-electron chi connectivity index (χ1n) is 5.25. The van der Waals surface area contributed by atoms with Gasteiger partial charge in [-0.15, -0.1) is 10.2 Å². The van der Waals surface area contributed by atoms with Crippen molar-refractivity contribution in [1.82, 2.24) is 10.2 Å². The van der Waals surface area contributed by atoms with Gasteiger partial charge in [-0.2, -0.15) is 0 Å². The lowest BCUT2D eigenvalue weighted by Crippen LogP contribution is -2.36. The summed E-state index contributed by atoms with van der Waals surface area (Å²) in [6.07, 6.45) is 1.93. The van der Waals surface area contributed by atoms with Crippen molar-refractivity contribution in [2.75, 3.05) is 37.7 Å². The Labute approximate surface area is 93.2 Å². The van der Waals surface area contributed by atoms with Crippen LogP contribution in [-0.4, -0.2) is 43.0 Å². The molecule has 1 aliphatic rings. The zero-order valence-electron chi connectivity index (χ0n) is 8.69. The number of hydrogen-bond acceptors (Lipinski definition) is 6. The zero-order chi connectivity index (χ0) is 10.5. The monoisotopic (exact) mass is 228 g/mol. The van der Waals surface area contributed by atoms with E-state index in [0.29, 0.717) is 6.54 Å². The first kappa shape index (κ1) is 10.8. The summed E-state index contributed by atoms with van der Waals surface area (Å²) in [5, 5.41) is 10.5. The van der Waals surface area contributed by atoms with Crippen molar-refractivity contribution in [3.8, 4) is 0 Å². The third-order valence-electron chi connectivity index (χ3n) is 2.33. The average Bonchev–Trinajstić information content (AvgIpc) is 2.76. The van der Waals surface area contributed by atoms with Crippen LogP contribution in [0.15, 0.2) is 0 Å². The molecule has 84 valence electrons. The maximum atomic E-state index is 5.46. The van der Waals surface area contributed by atoms with Crippen LogP contribution in [0.25, 0.3) is 0 Å². The molecule has 0 aromatic carbocycles. The van der Waals surface area contributed by atoms with Gasteiger partial charge in [0.05, 0.1) is 13.2 Å². The molecule has 1 aromatic heterocycles. The Hall–Kier alpha value is -0.720. The fourth-order valence-corrected chi connectivity index (χ4v) is 2.41. The second-order valence-corrected chi connectivity index (χ2v) is 4.51. The first-order valence-corrected chi connectivity index (χ1v) is 6.07. The summed E-state index contributed by atoms with van der Waals surface area (Å²) >= 11 is 1.67. The van der Waals surface area contributed by atoms with Gasteiger partial charge < -0.3 is 15.4 Å². The molecule has 2 heterocycles. The van der Waals surface area contributed by atoms with Crippen LogP contribution in [0.4, 0.5) is 5.13 Å². The molecular weight excluding hydrogens is 212 g/mol. The third-order valence-corrected chi connectivity index (χ3v) is 3.38. The molecule has 0 unspecified atom stereocenters. The lowest BCUT2D eigenvalue weighted by molar-refractivity contribution is 0.122. The van der Waals surface area contributed by atoms with E-state index in [2.05, 4.69) is 15.1 Å². The van der Waals surface area contributed by atoms with Crippen molar-refractivity contribution in [1.29, 1.82) is 0 Å². The van der Waals surface area contributed by atoms with Crippen LogP contribution >= 0.6 is 11.3 Å². The SMILES string of the molecule is NCCCc1nnc(N2CCOCC2)s1. The smallest absolute Gasteiger partial charge is 0.208 e. The third kappa shape index (κ3) is 2.87. The lowest BCUT2D eigenvalue weighted by atomic mass is 10.3. The van der Waals surface area contributed by atoms with Crippen molar-refractivity contribution in [2.45, 2.75) is 12.8 Å². The van der Waals surface area contributed by atoms with Crippen LogP contribution < -0.4 is 10.6 Å². The molecule has 0 radical (unpaired) electrons. The maximum Gasteiger partial charge on any atom is 0.208 e. The number of aryl methyl sites for hydroxylation is 1. The summed E-state index contributed by atoms with van der Waals surface area (Å²) in [5.74, 6) is 0. The highest BCUT2D eigenvalue weighted by molar-refractivity contribution is 7.15. The number of morpholine rings is 1. The second kappa shape index (κ2) is 5.39. The molecule has 0 aliphatic carbocycles. The van der Waals surface area contributed by atoms with Gasteiger partial charge >= 0.3 is 0 Å². The van der Waals surface area contributed by atoms with E-state index in [-0.39, 0.29) is 0 Å². The van der Waals surface area contributed by atoms with Crippen LogP contribution in [-0.2, 0) is 11.2 Å². The van der Waals surface area contributed by atoms with E-state index in [1.807, 2.05) is 0 Å². The molecule has 0 spiro atoms. The van der Waals surface area contributed by atoms with E-state index in [0.717, 1.165) is 49.3 Å². The van der Waals surface area contributed by atoms with Gasteiger partial charge in [-0.05, 0) is 13.0 Å². The molecule has 5 nitrogen and oxygen atoms in total. The summed E-state index contributed by atoms with van der Waals surface area (Å²) < 4.78 is 5.29. The topological polar surface area (TPSA) is 64.3 Å². The molecule has 0 atom stereocenters. The molecule has 2 N–H and O–H groups in total. The van der Waals surface area contributed by atoms with E-state index in [1.54, 1.807) is 11.3 Å². The standard InChI is InChI=1S/C9H16N4OS/c10-3-1-2-8-11-12-9(15-8)13-4-6-14-7-5-13/h1-7,10H2. The van der Waals surface area contributed by atoms with E-state index < -0.39 is 0 Å². The lowest BCUT2D eigenvalue weighted by Gasteiger charge is -2.25. The van der Waals surface area contributed by atoms with E-state index >= 15 is 0 Å². The van der Waals surface area contributed by atoms with Crippen molar-refractivity contribution >= 4 is 16.5 Å². The fraction of sp³-hybridized carbons (Fsp3) is 0.778. The number of anilines is 1. The van der Waals surface area contributed by atoms with Gasteiger partial charge in [-0.25, -0.2) is 0 Å². The van der Waals surface area contributed by atoms with E-state index in [4.69, 9.17) is 10.5 Å². The Balaban J connectivity index is 1.93. The minimum atomic E-state index is 0.715. The van der Waals surface area contributed by atoms with Gasteiger partial charge in [0, 0.05) is 19.5 Å². The Morgan fingerprint density at radius 3 is 2.87 bits per heavy atom. The Kier molecular flexibility index (Phi) is 3.87. The maximum absolute atomic E-state index is 5.46. The average molecular weight is 228 g/mol. The van der Waals surface area contributed by atoms with E-state index in [1.165, 1.54) is 0 Å². The Bertz CT molecular complexity index is 298. The summed E-state index contributed by atoms with van der Waals surface area (Å²) in [6.45, 7) is 4.14. The van der Waals surface area contributed by atoms with Crippen molar-refractivity contribution < 1.29 is 4.74 Å². The van der Waals surface area contributed by atoms with Gasteiger partial charge in [0.25, 0.3) is 0 Å². The summed E-state index contributed by atoms with van der Waals surface area (Å²) in [7, 11) is 0. The Morgan fingerprint density at radius 1 is 1.33 bits per heavy atom. The van der Waals surface area contributed by atoms with E-state index in [9.17, 15) is 0 Å². The molecule has 0 bridgehead atoms. The van der Waals surface area contributed by atoms with Crippen molar-refractivity contribution in [2.24, 2.45) is 5.73 Å². The molecule has 1 aliphatic heterocycles. The molecular formula is C9H16N4OS. The van der Waals surface area contributed by atoms with Crippen molar-refractivity contribution in [3.63, 3.8) is 0 Å². The molecule has 0 saturated carbocycles. The number of ether oxygens (including phenoxy) is 1. The molecule has 15 heavy (non-hydrogen) atoms. The first-order chi connectivity index (χ1) is 7.40. The fourth-order valence-electron chi connectivity index (χ4n) is 1.48. The summed E-state index contributed by atoms with van der Waals surface area (Å²) in [4.78, 5) is 2.23. The molecule has 6 heteroatoms. The predicted octanol–water partition coefficient (Wildman–Crippen LogP) is 0.266. The van der Waals surface area contributed by atoms with Crippen LogP contribution in [0, 0.1) is 0 Å². The number of nitrogens with zero attached hydrogens (tertiary/aromatic N) is 3. The summed E-state index contributed by atoms with van der Waals surface area (Å²) in [6, 6.07) is 0. The van der Waals surface area contributed by atoms with Gasteiger partial charge in [0.1, 0.15) is 5.01 Å². The highest BCUT2D eigenvalue weighted by atomic mass is 32.1. The predicted molar refractivity (Wildman–Crippen MR) is 60.3 cm³/mol. The molecule has 1 aromatic rings. The number of hydrogen-bond donors (Lipinski definition) is 1. The number of rotatable bonds is 4. The second-order valence-electron chi connectivity index (χ2n) is 3.47. The molecule has 1 fully saturated rings. The quantitative estimate of drug-likeness (QED) is 0.801. The Morgan fingerprint density at radius 2 is 2.13 bits per heavy atom. The number of nitrogens with two attached hydrogens (primary N) is 1. The normalized spacial score (nSPS) is 17.0. The zero-order valence-corrected chi connectivity index (χ0v) is 9.50. The minimum absolute atomic E-state index is 0.715. The van der Waals surface area contributed by atoms with Crippen molar-refractivity contribution in [3.05, 3.63) is 5.01 Å². The minimum Gasteiger partial charge on any atom is -0.378 e. The number of aromatic nitrogens is 2. The van der Waals surface area contributed by atoms with Crippen LogP contribution in [0.3, 0.4) is 0 Å². The van der Waals surface area contributed by atoms with Gasteiger partial charge in [-0.3, -0.25) is 0 Å². The van der Waals surface area contributed by atoms with Gasteiger partial charge in [0.2, 0.25) is 5.13 Å². The summed E-state index contributed by atoms with van der Waals surface area (Å²) in [5.41, 5.74) is 5.46. The molecule has 2 rings (SSSR count). The van der Waals surface area contributed by atoms with Gasteiger partial charge in [-0.1, -0.05) is 11.3 Å². The highest BCUT2D eigenvalue weighted by Gasteiger charge is 2.15. The van der Waals surface area contributed by atoms with Crippen LogP contribution in [0.1, 0.15) is 11.4 Å².